The molecular formula is C23H23N5O3. The van der Waals surface area contributed by atoms with E-state index in [-0.39, 0.29) is 5.91 Å². The van der Waals surface area contributed by atoms with Crippen LogP contribution in [0, 0.1) is 11.3 Å². The van der Waals surface area contributed by atoms with Crippen molar-refractivity contribution in [2.45, 2.75) is 38.2 Å². The van der Waals surface area contributed by atoms with Crippen LogP contribution >= 0.6 is 0 Å². The zero-order valence-electron chi connectivity index (χ0n) is 17.9. The van der Waals surface area contributed by atoms with Gasteiger partial charge in [0.15, 0.2) is 5.60 Å². The minimum atomic E-state index is -0.956. The first-order valence-electron chi connectivity index (χ1n) is 10.2. The SMILES string of the molecule is COc1cc2c(cc1Nc1cc(C3CC3)c3c(C#N)c[nH]c3n1)OC(C)(C)C(=O)N2C. The summed E-state index contributed by atoms with van der Waals surface area (Å²) in [6.45, 7) is 3.50. The molecule has 0 radical (unpaired) electrons. The maximum Gasteiger partial charge on any atom is 0.270 e. The number of hydrogen-bond acceptors (Lipinski definition) is 6. The highest BCUT2D eigenvalue weighted by Gasteiger charge is 2.40. The summed E-state index contributed by atoms with van der Waals surface area (Å²) in [6, 6.07) is 7.87. The van der Waals surface area contributed by atoms with Gasteiger partial charge in [0.1, 0.15) is 29.0 Å². The number of fused-ring (bicyclic) bond motifs is 2. The Morgan fingerprint density at radius 3 is 2.81 bits per heavy atom. The van der Waals surface area contributed by atoms with Crippen LogP contribution in [0.3, 0.4) is 0 Å². The normalized spacial score (nSPS) is 17.1. The summed E-state index contributed by atoms with van der Waals surface area (Å²) in [4.78, 5) is 21.9. The molecule has 1 aliphatic carbocycles. The third-order valence-corrected chi connectivity index (χ3v) is 5.90. The van der Waals surface area contributed by atoms with Crippen LogP contribution in [-0.2, 0) is 4.79 Å². The van der Waals surface area contributed by atoms with Crippen molar-refractivity contribution in [2.75, 3.05) is 24.4 Å². The summed E-state index contributed by atoms with van der Waals surface area (Å²) >= 11 is 0. The van der Waals surface area contributed by atoms with Gasteiger partial charge in [-0.15, -0.1) is 0 Å². The van der Waals surface area contributed by atoms with Gasteiger partial charge in [-0.3, -0.25) is 4.79 Å². The molecule has 1 fully saturated rings. The van der Waals surface area contributed by atoms with E-state index in [1.807, 2.05) is 12.1 Å². The number of nitriles is 1. The minimum Gasteiger partial charge on any atom is -0.494 e. The Morgan fingerprint density at radius 2 is 2.13 bits per heavy atom. The van der Waals surface area contributed by atoms with Crippen molar-refractivity contribution in [1.82, 2.24) is 9.97 Å². The van der Waals surface area contributed by atoms with Gasteiger partial charge in [-0.2, -0.15) is 5.26 Å². The number of aromatic nitrogens is 2. The Bertz CT molecular complexity index is 1270. The number of carbonyl (C=O) groups is 1. The fourth-order valence-electron chi connectivity index (χ4n) is 4.16. The van der Waals surface area contributed by atoms with E-state index >= 15 is 0 Å². The van der Waals surface area contributed by atoms with Crippen molar-refractivity contribution in [2.24, 2.45) is 0 Å². The standard InChI is InChI=1S/C23H23N5O3/c1-23(2)22(29)28(3)16-9-17(30-4)15(8-18(16)31-23)26-19-7-14(12-5-6-12)20-13(10-24)11-25-21(20)27-19/h7-9,11-12H,5-6H2,1-4H3,(H2,25,26,27). The largest absolute Gasteiger partial charge is 0.494 e. The van der Waals surface area contributed by atoms with Gasteiger partial charge < -0.3 is 24.7 Å². The first-order valence-corrected chi connectivity index (χ1v) is 10.2. The van der Waals surface area contributed by atoms with Crippen LogP contribution < -0.4 is 19.7 Å². The van der Waals surface area contributed by atoms with E-state index in [1.165, 1.54) is 0 Å². The molecule has 3 aromatic rings. The highest BCUT2D eigenvalue weighted by molar-refractivity contribution is 6.02. The molecule has 8 nitrogen and oxygen atoms in total. The summed E-state index contributed by atoms with van der Waals surface area (Å²) in [5, 5.41) is 13.7. The molecule has 5 rings (SSSR count). The predicted octanol–water partition coefficient (Wildman–Crippen LogP) is 4.20. The number of aromatic amines is 1. The molecule has 0 saturated heterocycles. The lowest BCUT2D eigenvalue weighted by Gasteiger charge is -2.37. The van der Waals surface area contributed by atoms with E-state index in [9.17, 15) is 10.1 Å². The molecule has 0 atom stereocenters. The van der Waals surface area contributed by atoms with Crippen molar-refractivity contribution in [3.8, 4) is 17.6 Å². The molecule has 1 amide bonds. The monoisotopic (exact) mass is 417 g/mol. The van der Waals surface area contributed by atoms with Crippen LogP contribution in [0.15, 0.2) is 24.4 Å². The van der Waals surface area contributed by atoms with Gasteiger partial charge in [0, 0.05) is 30.8 Å². The molecule has 0 unspecified atom stereocenters. The second-order valence-corrected chi connectivity index (χ2v) is 8.53. The molecular weight excluding hydrogens is 394 g/mol. The van der Waals surface area contributed by atoms with Crippen LogP contribution in [-0.4, -0.2) is 35.6 Å². The summed E-state index contributed by atoms with van der Waals surface area (Å²) in [7, 11) is 3.31. The number of nitrogens with zero attached hydrogens (tertiary/aromatic N) is 3. The maximum atomic E-state index is 12.6. The fraction of sp³-hybridized carbons (Fsp3) is 0.348. The Balaban J connectivity index is 1.59. The third-order valence-electron chi connectivity index (χ3n) is 5.90. The number of ether oxygens (including phenoxy) is 2. The van der Waals surface area contributed by atoms with Gasteiger partial charge in [-0.05, 0) is 44.2 Å². The van der Waals surface area contributed by atoms with E-state index in [0.29, 0.717) is 45.8 Å². The van der Waals surface area contributed by atoms with E-state index in [0.717, 1.165) is 23.8 Å². The number of nitrogens with one attached hydrogen (secondary N) is 2. The number of amides is 1. The van der Waals surface area contributed by atoms with Crippen LogP contribution in [0.5, 0.6) is 11.5 Å². The zero-order chi connectivity index (χ0) is 21.9. The third kappa shape index (κ3) is 3.05. The molecule has 158 valence electrons. The van der Waals surface area contributed by atoms with Gasteiger partial charge in [-0.25, -0.2) is 4.98 Å². The van der Waals surface area contributed by atoms with Gasteiger partial charge in [0.2, 0.25) is 0 Å². The molecule has 8 heteroatoms. The number of H-pyrrole nitrogens is 1. The molecule has 1 aromatic carbocycles. The van der Waals surface area contributed by atoms with Crippen LogP contribution in [0.4, 0.5) is 17.2 Å². The summed E-state index contributed by atoms with van der Waals surface area (Å²) in [5.74, 6) is 2.14. The Hall–Kier alpha value is -3.73. The highest BCUT2D eigenvalue weighted by Crippen LogP contribution is 2.46. The molecule has 0 bridgehead atoms. The minimum absolute atomic E-state index is 0.121. The molecule has 31 heavy (non-hydrogen) atoms. The number of likely N-dealkylation sites (N-methyl/N-ethyl adjacent to an activating group) is 1. The van der Waals surface area contributed by atoms with E-state index in [2.05, 4.69) is 21.4 Å². The van der Waals surface area contributed by atoms with Crippen molar-refractivity contribution in [3.05, 3.63) is 35.5 Å². The lowest BCUT2D eigenvalue weighted by Crippen LogP contribution is -2.50. The Labute approximate surface area is 179 Å². The summed E-state index contributed by atoms with van der Waals surface area (Å²) in [6.07, 6.45) is 3.93. The fourth-order valence-corrected chi connectivity index (χ4v) is 4.16. The summed E-state index contributed by atoms with van der Waals surface area (Å²) < 4.78 is 11.6. The van der Waals surface area contributed by atoms with Crippen molar-refractivity contribution in [1.29, 1.82) is 5.26 Å². The number of benzene rings is 1. The smallest absolute Gasteiger partial charge is 0.270 e. The topological polar surface area (TPSA) is 103 Å². The zero-order valence-corrected chi connectivity index (χ0v) is 17.9. The number of pyridine rings is 1. The quantitative estimate of drug-likeness (QED) is 0.659. The Morgan fingerprint density at radius 1 is 1.35 bits per heavy atom. The molecule has 2 N–H and O–H groups in total. The predicted molar refractivity (Wildman–Crippen MR) is 117 cm³/mol. The van der Waals surface area contributed by atoms with Crippen LogP contribution in [0.1, 0.15) is 43.7 Å². The van der Waals surface area contributed by atoms with Crippen LogP contribution in [0.25, 0.3) is 11.0 Å². The molecule has 0 spiro atoms. The van der Waals surface area contributed by atoms with Gasteiger partial charge in [0.05, 0.1) is 24.0 Å². The highest BCUT2D eigenvalue weighted by atomic mass is 16.5. The van der Waals surface area contributed by atoms with Crippen molar-refractivity contribution >= 4 is 34.1 Å². The second-order valence-electron chi connectivity index (χ2n) is 8.53. The van der Waals surface area contributed by atoms with E-state index < -0.39 is 5.60 Å². The number of rotatable bonds is 4. The van der Waals surface area contributed by atoms with E-state index in [4.69, 9.17) is 9.47 Å². The van der Waals surface area contributed by atoms with Gasteiger partial charge in [-0.1, -0.05) is 0 Å². The lowest BCUT2D eigenvalue weighted by molar-refractivity contribution is -0.132. The van der Waals surface area contributed by atoms with Crippen LogP contribution in [0.2, 0.25) is 0 Å². The average molecular weight is 417 g/mol. The number of hydrogen-bond donors (Lipinski definition) is 2. The molecule has 2 aliphatic rings. The lowest BCUT2D eigenvalue weighted by atomic mass is 10.0. The molecule has 1 saturated carbocycles. The van der Waals surface area contributed by atoms with Gasteiger partial charge in [0.25, 0.3) is 5.91 Å². The van der Waals surface area contributed by atoms with Gasteiger partial charge >= 0.3 is 0 Å². The van der Waals surface area contributed by atoms with Crippen molar-refractivity contribution in [3.63, 3.8) is 0 Å². The van der Waals surface area contributed by atoms with Crippen molar-refractivity contribution < 1.29 is 14.3 Å². The first-order chi connectivity index (χ1) is 14.8. The maximum absolute atomic E-state index is 12.6. The average Bonchev–Trinajstić information content (AvgIpc) is 3.51. The number of anilines is 3. The summed E-state index contributed by atoms with van der Waals surface area (Å²) in [5.41, 5.74) is 2.80. The first kappa shape index (κ1) is 19.2. The number of methoxy groups -OCH3 is 1. The second kappa shape index (κ2) is 6.64. The molecule has 3 heterocycles. The van der Waals surface area contributed by atoms with E-state index in [1.54, 1.807) is 45.2 Å². The molecule has 2 aromatic heterocycles. The Kier molecular flexibility index (Phi) is 4.12. The molecule has 1 aliphatic heterocycles. The number of carbonyl (C=O) groups excluding carboxylic acids is 1.